The molecule has 1 amide bonds. The van der Waals surface area contributed by atoms with Gasteiger partial charge in [-0.15, -0.1) is 0 Å². The van der Waals surface area contributed by atoms with Gasteiger partial charge in [0.05, 0.1) is 0 Å². The molecule has 1 rings (SSSR count). The van der Waals surface area contributed by atoms with Crippen molar-refractivity contribution < 1.29 is 4.79 Å². The second kappa shape index (κ2) is 8.52. The van der Waals surface area contributed by atoms with Gasteiger partial charge in [0.2, 0.25) is 5.91 Å². The molecule has 104 valence electrons. The summed E-state index contributed by atoms with van der Waals surface area (Å²) in [5.74, 6) is -0.0766. The average molecular weight is 259 g/mol. The second-order valence-electron chi connectivity index (χ2n) is 4.93. The van der Waals surface area contributed by atoms with Gasteiger partial charge in [0.15, 0.2) is 0 Å². The van der Waals surface area contributed by atoms with Crippen molar-refractivity contribution in [1.82, 2.24) is 0 Å². The first-order valence-corrected chi connectivity index (χ1v) is 7.18. The number of hydrogen-bond donors (Lipinski definition) is 0. The van der Waals surface area contributed by atoms with E-state index in [1.165, 1.54) is 43.7 Å². The van der Waals surface area contributed by atoms with Crippen LogP contribution < -0.4 is 4.90 Å². The summed E-state index contributed by atoms with van der Waals surface area (Å²) in [5.41, 5.74) is 2.26. The third-order valence-electron chi connectivity index (χ3n) is 3.40. The van der Waals surface area contributed by atoms with E-state index in [-0.39, 0.29) is 5.91 Å². The van der Waals surface area contributed by atoms with Crippen LogP contribution in [0.3, 0.4) is 0 Å². The molecule has 1 aromatic rings. The fourth-order valence-corrected chi connectivity index (χ4v) is 2.08. The van der Waals surface area contributed by atoms with Crippen LogP contribution >= 0.6 is 0 Å². The standard InChI is InChI=1S/C17H25NO/c1-4-6-7-8-9-10-15-11-13-16(14-12-15)18(3)17(19)5-2/h5,11-14H,2,4,6-10H2,1,3H3. The first kappa shape index (κ1) is 15.5. The number of likely N-dealkylation sites (N-methyl/N-ethyl adjacent to an activating group) is 1. The van der Waals surface area contributed by atoms with Crippen LogP contribution in [0.4, 0.5) is 5.69 Å². The summed E-state index contributed by atoms with van der Waals surface area (Å²) in [4.78, 5) is 13.1. The molecule has 0 unspecified atom stereocenters. The van der Waals surface area contributed by atoms with Gasteiger partial charge in [-0.25, -0.2) is 0 Å². The molecular weight excluding hydrogens is 234 g/mol. The van der Waals surface area contributed by atoms with Gasteiger partial charge in [-0.2, -0.15) is 0 Å². The summed E-state index contributed by atoms with van der Waals surface area (Å²) in [6.07, 6.45) is 8.99. The maximum atomic E-state index is 11.5. The van der Waals surface area contributed by atoms with Gasteiger partial charge < -0.3 is 4.90 Å². The monoisotopic (exact) mass is 259 g/mol. The summed E-state index contributed by atoms with van der Waals surface area (Å²) in [5, 5.41) is 0. The minimum Gasteiger partial charge on any atom is -0.312 e. The summed E-state index contributed by atoms with van der Waals surface area (Å²) < 4.78 is 0. The van der Waals surface area contributed by atoms with Crippen molar-refractivity contribution in [3.8, 4) is 0 Å². The number of anilines is 1. The van der Waals surface area contributed by atoms with Gasteiger partial charge in [0.1, 0.15) is 0 Å². The van der Waals surface area contributed by atoms with Crippen LogP contribution in [0.1, 0.15) is 44.6 Å². The molecule has 1 aromatic carbocycles. The molecule has 0 atom stereocenters. The molecule has 0 aliphatic rings. The minimum atomic E-state index is -0.0766. The number of hydrogen-bond acceptors (Lipinski definition) is 1. The van der Waals surface area contributed by atoms with Crippen LogP contribution in [0.2, 0.25) is 0 Å². The lowest BCUT2D eigenvalue weighted by molar-refractivity contribution is -0.113. The Balaban J connectivity index is 2.43. The van der Waals surface area contributed by atoms with Crippen LogP contribution in [-0.2, 0) is 11.2 Å². The third kappa shape index (κ3) is 5.29. The van der Waals surface area contributed by atoms with Crippen molar-refractivity contribution in [2.75, 3.05) is 11.9 Å². The molecule has 0 aromatic heterocycles. The number of benzene rings is 1. The molecule has 0 heterocycles. The molecule has 2 heteroatoms. The molecule has 0 N–H and O–H groups in total. The molecule has 19 heavy (non-hydrogen) atoms. The van der Waals surface area contributed by atoms with E-state index < -0.39 is 0 Å². The maximum Gasteiger partial charge on any atom is 0.250 e. The molecule has 0 radical (unpaired) electrons. The van der Waals surface area contributed by atoms with Gasteiger partial charge in [-0.3, -0.25) is 4.79 Å². The van der Waals surface area contributed by atoms with Crippen LogP contribution in [0, 0.1) is 0 Å². The summed E-state index contributed by atoms with van der Waals surface area (Å²) in [6, 6.07) is 8.23. The quantitative estimate of drug-likeness (QED) is 0.502. The molecule has 0 fully saturated rings. The van der Waals surface area contributed by atoms with Gasteiger partial charge in [-0.1, -0.05) is 51.3 Å². The molecule has 2 nitrogen and oxygen atoms in total. The Morgan fingerprint density at radius 3 is 2.37 bits per heavy atom. The topological polar surface area (TPSA) is 20.3 Å². The Labute approximate surface area is 117 Å². The fourth-order valence-electron chi connectivity index (χ4n) is 2.08. The highest BCUT2D eigenvalue weighted by Crippen LogP contribution is 2.16. The van der Waals surface area contributed by atoms with E-state index in [0.717, 1.165) is 12.1 Å². The molecule has 0 saturated carbocycles. The van der Waals surface area contributed by atoms with Crippen molar-refractivity contribution in [3.63, 3.8) is 0 Å². The van der Waals surface area contributed by atoms with E-state index in [2.05, 4.69) is 25.6 Å². The van der Waals surface area contributed by atoms with E-state index >= 15 is 0 Å². The predicted octanol–water partition coefficient (Wildman–Crippen LogP) is 4.35. The van der Waals surface area contributed by atoms with Crippen LogP contribution in [-0.4, -0.2) is 13.0 Å². The normalized spacial score (nSPS) is 10.2. The second-order valence-corrected chi connectivity index (χ2v) is 4.93. The smallest absolute Gasteiger partial charge is 0.250 e. The lowest BCUT2D eigenvalue weighted by Crippen LogP contribution is -2.23. The van der Waals surface area contributed by atoms with E-state index in [1.807, 2.05) is 12.1 Å². The van der Waals surface area contributed by atoms with Gasteiger partial charge in [0.25, 0.3) is 0 Å². The largest absolute Gasteiger partial charge is 0.312 e. The number of carbonyl (C=O) groups is 1. The zero-order valence-corrected chi connectivity index (χ0v) is 12.2. The number of unbranched alkanes of at least 4 members (excludes halogenated alkanes) is 4. The Morgan fingerprint density at radius 1 is 1.16 bits per heavy atom. The molecule has 0 saturated heterocycles. The SMILES string of the molecule is C=CC(=O)N(C)c1ccc(CCCCCCC)cc1. The lowest BCUT2D eigenvalue weighted by Gasteiger charge is -2.15. The first-order valence-electron chi connectivity index (χ1n) is 7.18. The summed E-state index contributed by atoms with van der Waals surface area (Å²) in [7, 11) is 1.77. The zero-order valence-electron chi connectivity index (χ0n) is 12.2. The fraction of sp³-hybridized carbons (Fsp3) is 0.471. The van der Waals surface area contributed by atoms with Crippen molar-refractivity contribution in [3.05, 3.63) is 42.5 Å². The summed E-state index contributed by atoms with van der Waals surface area (Å²) >= 11 is 0. The maximum absolute atomic E-state index is 11.5. The van der Waals surface area contributed by atoms with E-state index in [1.54, 1.807) is 11.9 Å². The average Bonchev–Trinajstić information content (AvgIpc) is 2.46. The van der Waals surface area contributed by atoms with Gasteiger partial charge in [0, 0.05) is 12.7 Å². The molecule has 0 aliphatic carbocycles. The number of rotatable bonds is 8. The van der Waals surface area contributed by atoms with Crippen molar-refractivity contribution in [2.24, 2.45) is 0 Å². The van der Waals surface area contributed by atoms with Crippen molar-refractivity contribution in [2.45, 2.75) is 45.4 Å². The number of nitrogens with zero attached hydrogens (tertiary/aromatic N) is 1. The Hall–Kier alpha value is -1.57. The van der Waals surface area contributed by atoms with Gasteiger partial charge in [-0.05, 0) is 36.6 Å². The Morgan fingerprint density at radius 2 is 1.79 bits per heavy atom. The predicted molar refractivity (Wildman–Crippen MR) is 82.5 cm³/mol. The van der Waals surface area contributed by atoms with Crippen LogP contribution in [0.15, 0.2) is 36.9 Å². The number of aryl methyl sites for hydroxylation is 1. The molecule has 0 spiro atoms. The first-order chi connectivity index (χ1) is 9.19. The molecule has 0 bridgehead atoms. The Kier molecular flexibility index (Phi) is 6.94. The zero-order chi connectivity index (χ0) is 14.1. The lowest BCUT2D eigenvalue weighted by atomic mass is 10.1. The molecule has 0 aliphatic heterocycles. The number of amides is 1. The van der Waals surface area contributed by atoms with E-state index in [9.17, 15) is 4.79 Å². The van der Waals surface area contributed by atoms with Gasteiger partial charge >= 0.3 is 0 Å². The highest BCUT2D eigenvalue weighted by Gasteiger charge is 2.06. The van der Waals surface area contributed by atoms with Crippen molar-refractivity contribution in [1.29, 1.82) is 0 Å². The van der Waals surface area contributed by atoms with Crippen LogP contribution in [0.25, 0.3) is 0 Å². The minimum absolute atomic E-state index is 0.0766. The van der Waals surface area contributed by atoms with Crippen LogP contribution in [0.5, 0.6) is 0 Å². The number of carbonyl (C=O) groups excluding carboxylic acids is 1. The van der Waals surface area contributed by atoms with E-state index in [4.69, 9.17) is 0 Å². The third-order valence-corrected chi connectivity index (χ3v) is 3.40. The summed E-state index contributed by atoms with van der Waals surface area (Å²) in [6.45, 7) is 5.73. The highest BCUT2D eigenvalue weighted by molar-refractivity contribution is 6.00. The molecular formula is C17H25NO. The highest BCUT2D eigenvalue weighted by atomic mass is 16.2. The van der Waals surface area contributed by atoms with Crippen molar-refractivity contribution >= 4 is 11.6 Å². The Bertz CT molecular complexity index is 394. The van der Waals surface area contributed by atoms with E-state index in [0.29, 0.717) is 0 Å².